The number of carbonyl (C=O) groups is 1. The second kappa shape index (κ2) is 8.80. The highest BCUT2D eigenvalue weighted by Gasteiger charge is 2.13. The van der Waals surface area contributed by atoms with Crippen molar-refractivity contribution < 1.29 is 4.79 Å². The molecule has 0 fully saturated rings. The Bertz CT molecular complexity index is 537. The van der Waals surface area contributed by atoms with Gasteiger partial charge in [0.2, 0.25) is 0 Å². The van der Waals surface area contributed by atoms with Crippen LogP contribution in [0, 0.1) is 0 Å². The lowest BCUT2D eigenvalue weighted by Crippen LogP contribution is -2.37. The van der Waals surface area contributed by atoms with Gasteiger partial charge in [-0.15, -0.1) is 36.2 Å². The molecule has 2 aromatic rings. The van der Waals surface area contributed by atoms with Gasteiger partial charge in [0.15, 0.2) is 0 Å². The van der Waals surface area contributed by atoms with Gasteiger partial charge in [0.05, 0.1) is 6.20 Å². The van der Waals surface area contributed by atoms with Gasteiger partial charge in [-0.05, 0) is 6.92 Å². The van der Waals surface area contributed by atoms with E-state index in [-0.39, 0.29) is 36.8 Å². The number of aromatic nitrogens is 3. The topological polar surface area (TPSA) is 93.8 Å². The third kappa shape index (κ3) is 4.68. The number of nitrogens with two attached hydrogens (primary N) is 1. The Morgan fingerprint density at radius 3 is 2.80 bits per heavy atom. The molecule has 2 aromatic heterocycles. The zero-order chi connectivity index (χ0) is 13.0. The van der Waals surface area contributed by atoms with Crippen molar-refractivity contribution in [1.29, 1.82) is 0 Å². The lowest BCUT2D eigenvalue weighted by Gasteiger charge is -2.09. The van der Waals surface area contributed by atoms with Crippen molar-refractivity contribution in [2.45, 2.75) is 13.0 Å². The second-order valence-corrected chi connectivity index (χ2v) is 4.60. The summed E-state index contributed by atoms with van der Waals surface area (Å²) in [6, 6.07) is -0.0702. The molecule has 0 aliphatic heterocycles. The SMILES string of the molecule is C[C@@H](CN)NC(=O)c1csc(-c2cnccn2)n1.Cl.Cl. The van der Waals surface area contributed by atoms with Crippen molar-refractivity contribution in [3.8, 4) is 10.7 Å². The maximum absolute atomic E-state index is 11.8. The van der Waals surface area contributed by atoms with E-state index in [1.165, 1.54) is 11.3 Å². The molecule has 0 unspecified atom stereocenters. The average molecular weight is 336 g/mol. The van der Waals surface area contributed by atoms with Gasteiger partial charge in [-0.1, -0.05) is 0 Å². The molecule has 2 rings (SSSR count). The third-order valence-electron chi connectivity index (χ3n) is 2.25. The lowest BCUT2D eigenvalue weighted by molar-refractivity contribution is 0.0937. The Balaban J connectivity index is 0.00000180. The highest BCUT2D eigenvalue weighted by molar-refractivity contribution is 7.13. The standard InChI is InChI=1S/C11H13N5OS.2ClH/c1-7(4-12)15-10(17)9-6-18-11(16-9)8-5-13-2-3-14-8;;/h2-3,5-7H,4,12H2,1H3,(H,15,17);2*1H/t7-;;/m0../s1. The van der Waals surface area contributed by atoms with Gasteiger partial charge in [-0.25, -0.2) is 4.98 Å². The van der Waals surface area contributed by atoms with Crippen molar-refractivity contribution in [3.05, 3.63) is 29.7 Å². The molecule has 1 atom stereocenters. The molecule has 0 bridgehead atoms. The number of nitrogens with zero attached hydrogens (tertiary/aromatic N) is 3. The Morgan fingerprint density at radius 2 is 2.20 bits per heavy atom. The van der Waals surface area contributed by atoms with E-state index >= 15 is 0 Å². The molecular weight excluding hydrogens is 321 g/mol. The molecule has 1 amide bonds. The van der Waals surface area contributed by atoms with E-state index in [1.807, 2.05) is 6.92 Å². The minimum atomic E-state index is -0.223. The van der Waals surface area contributed by atoms with Crippen LogP contribution in [0.3, 0.4) is 0 Å². The summed E-state index contributed by atoms with van der Waals surface area (Å²) in [6.07, 6.45) is 4.80. The smallest absolute Gasteiger partial charge is 0.271 e. The molecule has 6 nitrogen and oxygen atoms in total. The Hall–Kier alpha value is -1.28. The van der Waals surface area contributed by atoms with Gasteiger partial charge in [-0.3, -0.25) is 14.8 Å². The van der Waals surface area contributed by atoms with Crippen LogP contribution in [0.25, 0.3) is 10.7 Å². The first-order valence-corrected chi connectivity index (χ1v) is 6.31. The van der Waals surface area contributed by atoms with Crippen molar-refractivity contribution in [3.63, 3.8) is 0 Å². The zero-order valence-corrected chi connectivity index (χ0v) is 13.1. The number of halogens is 2. The average Bonchev–Trinajstić information content (AvgIpc) is 2.89. The van der Waals surface area contributed by atoms with Crippen molar-refractivity contribution in [2.24, 2.45) is 5.73 Å². The van der Waals surface area contributed by atoms with E-state index in [4.69, 9.17) is 5.73 Å². The van der Waals surface area contributed by atoms with Gasteiger partial charge in [-0.2, -0.15) is 0 Å². The number of amides is 1. The molecule has 0 aliphatic carbocycles. The van der Waals surface area contributed by atoms with Crippen LogP contribution in [0.5, 0.6) is 0 Å². The van der Waals surface area contributed by atoms with E-state index in [2.05, 4.69) is 20.3 Å². The predicted octanol–water partition coefficient (Wildman–Crippen LogP) is 1.52. The van der Waals surface area contributed by atoms with Crippen LogP contribution in [-0.2, 0) is 0 Å². The third-order valence-corrected chi connectivity index (χ3v) is 3.11. The molecule has 0 aliphatic rings. The van der Waals surface area contributed by atoms with Gasteiger partial charge in [0.25, 0.3) is 5.91 Å². The summed E-state index contributed by atoms with van der Waals surface area (Å²) in [5.74, 6) is -0.223. The normalized spacial score (nSPS) is 10.9. The molecule has 0 saturated carbocycles. The number of rotatable bonds is 4. The van der Waals surface area contributed by atoms with Crippen LogP contribution in [0.15, 0.2) is 24.0 Å². The van der Waals surface area contributed by atoms with E-state index < -0.39 is 0 Å². The molecule has 0 saturated heterocycles. The van der Waals surface area contributed by atoms with Crippen LogP contribution in [0.1, 0.15) is 17.4 Å². The molecule has 9 heteroatoms. The first kappa shape index (κ1) is 18.7. The Morgan fingerprint density at radius 1 is 1.45 bits per heavy atom. The van der Waals surface area contributed by atoms with Crippen LogP contribution in [-0.4, -0.2) is 33.4 Å². The first-order valence-electron chi connectivity index (χ1n) is 5.43. The number of nitrogens with one attached hydrogen (secondary N) is 1. The van der Waals surface area contributed by atoms with Crippen molar-refractivity contribution >= 4 is 42.1 Å². The minimum Gasteiger partial charge on any atom is -0.347 e. The maximum atomic E-state index is 11.8. The highest BCUT2D eigenvalue weighted by Crippen LogP contribution is 2.20. The minimum absolute atomic E-state index is 0. The number of hydrogen-bond acceptors (Lipinski definition) is 6. The van der Waals surface area contributed by atoms with Gasteiger partial charge in [0.1, 0.15) is 16.4 Å². The molecule has 2 heterocycles. The van der Waals surface area contributed by atoms with Gasteiger partial charge < -0.3 is 11.1 Å². The highest BCUT2D eigenvalue weighted by atomic mass is 35.5. The summed E-state index contributed by atoms with van der Waals surface area (Å²) in [6.45, 7) is 2.24. The number of hydrogen-bond donors (Lipinski definition) is 2. The molecular formula is C11H15Cl2N5OS. The second-order valence-electron chi connectivity index (χ2n) is 3.74. The zero-order valence-electron chi connectivity index (χ0n) is 10.6. The van der Waals surface area contributed by atoms with E-state index in [1.54, 1.807) is 24.0 Å². The summed E-state index contributed by atoms with van der Waals surface area (Å²) in [7, 11) is 0. The van der Waals surface area contributed by atoms with Crippen LogP contribution in [0.4, 0.5) is 0 Å². The number of thiazole rings is 1. The fourth-order valence-electron chi connectivity index (χ4n) is 1.26. The number of carbonyl (C=O) groups excluding carboxylic acids is 1. The fraction of sp³-hybridized carbons (Fsp3) is 0.273. The van der Waals surface area contributed by atoms with Crippen molar-refractivity contribution in [1.82, 2.24) is 20.3 Å². The van der Waals surface area contributed by atoms with Crippen LogP contribution < -0.4 is 11.1 Å². The summed E-state index contributed by atoms with van der Waals surface area (Å²) in [5, 5.41) is 5.13. The monoisotopic (exact) mass is 335 g/mol. The first-order chi connectivity index (χ1) is 8.70. The van der Waals surface area contributed by atoms with Crippen LogP contribution in [0.2, 0.25) is 0 Å². The lowest BCUT2D eigenvalue weighted by atomic mass is 10.3. The molecule has 20 heavy (non-hydrogen) atoms. The Kier molecular flexibility index (Phi) is 8.24. The van der Waals surface area contributed by atoms with E-state index in [9.17, 15) is 4.79 Å². The van der Waals surface area contributed by atoms with Crippen LogP contribution >= 0.6 is 36.2 Å². The predicted molar refractivity (Wildman–Crippen MR) is 83.6 cm³/mol. The van der Waals surface area contributed by atoms with E-state index in [0.29, 0.717) is 22.9 Å². The molecule has 0 aromatic carbocycles. The summed E-state index contributed by atoms with van der Waals surface area (Å²) < 4.78 is 0. The summed E-state index contributed by atoms with van der Waals surface area (Å²) in [4.78, 5) is 24.1. The molecule has 0 radical (unpaired) electrons. The van der Waals surface area contributed by atoms with Crippen molar-refractivity contribution in [2.75, 3.05) is 6.54 Å². The maximum Gasteiger partial charge on any atom is 0.271 e. The fourth-order valence-corrected chi connectivity index (χ4v) is 2.02. The van der Waals surface area contributed by atoms with E-state index in [0.717, 1.165) is 0 Å². The molecule has 110 valence electrons. The van der Waals surface area contributed by atoms with Gasteiger partial charge >= 0.3 is 0 Å². The summed E-state index contributed by atoms with van der Waals surface area (Å²) in [5.41, 5.74) is 6.48. The molecule has 0 spiro atoms. The molecule has 3 N–H and O–H groups in total. The Labute approximate surface area is 133 Å². The summed E-state index contributed by atoms with van der Waals surface area (Å²) >= 11 is 1.36. The van der Waals surface area contributed by atoms with Gasteiger partial charge in [0, 0.05) is 30.4 Å². The quantitative estimate of drug-likeness (QED) is 0.883. The largest absolute Gasteiger partial charge is 0.347 e.